The van der Waals surface area contributed by atoms with Crippen molar-refractivity contribution in [3.8, 4) is 0 Å². The van der Waals surface area contributed by atoms with Crippen LogP contribution >= 0.6 is 0 Å². The molecule has 0 saturated heterocycles. The Morgan fingerprint density at radius 1 is 0.469 bits per heavy atom. The molecule has 0 bridgehead atoms. The number of aliphatic hydroxyl groups excluding tert-OH is 1. The Kier molecular flexibility index (Phi) is 42.5. The summed E-state index contributed by atoms with van der Waals surface area (Å²) in [6.07, 6.45) is 51.5. The quantitative estimate of drug-likeness (QED) is 0.0393. The number of unbranched alkanes of at least 4 members (excludes halogenated alkanes) is 32. The number of carbonyl (C=O) groups is 1. The van der Waals surface area contributed by atoms with Gasteiger partial charge < -0.3 is 14.6 Å². The molecule has 0 spiro atoms. The molecule has 0 aliphatic rings. The van der Waals surface area contributed by atoms with Gasteiger partial charge in [0.05, 0.1) is 13.2 Å². The second-order valence-corrected chi connectivity index (χ2v) is 15.1. The normalized spacial score (nSPS) is 12.3. The largest absolute Gasteiger partial charge is 0.457 e. The van der Waals surface area contributed by atoms with Gasteiger partial charge in [-0.05, 0) is 38.5 Å². The van der Waals surface area contributed by atoms with E-state index in [4.69, 9.17) is 9.47 Å². The molecular weight excluding hydrogens is 604 g/mol. The van der Waals surface area contributed by atoms with E-state index in [0.717, 1.165) is 19.3 Å². The number of allylic oxidation sites excluding steroid dienone is 2. The lowest BCUT2D eigenvalue weighted by Crippen LogP contribution is -2.27. The van der Waals surface area contributed by atoms with E-state index < -0.39 is 6.10 Å². The first-order valence-corrected chi connectivity index (χ1v) is 22.3. The molecule has 0 heterocycles. The second-order valence-electron chi connectivity index (χ2n) is 15.1. The Morgan fingerprint density at radius 2 is 0.796 bits per heavy atom. The summed E-state index contributed by atoms with van der Waals surface area (Å²) < 4.78 is 11.1. The third-order valence-corrected chi connectivity index (χ3v) is 10.1. The van der Waals surface area contributed by atoms with E-state index in [2.05, 4.69) is 26.0 Å². The molecule has 1 atom stereocenters. The SMILES string of the molecule is CCCCCCCCCC/C=C\CCCCCCCCCCCCCCCCOCC(CO)OC(=O)CCCCCCCCCCCCC. The molecule has 1 N–H and O–H groups in total. The molecule has 0 rings (SSSR count). The first kappa shape index (κ1) is 48.1. The third-order valence-electron chi connectivity index (χ3n) is 10.1. The van der Waals surface area contributed by atoms with Gasteiger partial charge >= 0.3 is 5.97 Å². The summed E-state index contributed by atoms with van der Waals surface area (Å²) in [7, 11) is 0. The summed E-state index contributed by atoms with van der Waals surface area (Å²) in [5.41, 5.74) is 0. The second kappa shape index (κ2) is 43.3. The fourth-order valence-electron chi connectivity index (χ4n) is 6.74. The van der Waals surface area contributed by atoms with Crippen LogP contribution in [0, 0.1) is 0 Å². The molecule has 0 aromatic carbocycles. The number of esters is 1. The molecule has 4 nitrogen and oxygen atoms in total. The van der Waals surface area contributed by atoms with Crippen molar-refractivity contribution in [2.24, 2.45) is 0 Å². The predicted octanol–water partition coefficient (Wildman–Crippen LogP) is 14.5. The zero-order chi connectivity index (χ0) is 35.6. The van der Waals surface area contributed by atoms with Crippen LogP contribution in [-0.4, -0.2) is 37.0 Å². The van der Waals surface area contributed by atoms with Crippen molar-refractivity contribution in [3.63, 3.8) is 0 Å². The van der Waals surface area contributed by atoms with E-state index >= 15 is 0 Å². The molecule has 0 aliphatic heterocycles. The summed E-state index contributed by atoms with van der Waals surface area (Å²) in [5, 5.41) is 9.58. The molecule has 292 valence electrons. The Hall–Kier alpha value is -0.870. The predicted molar refractivity (Wildman–Crippen MR) is 214 cm³/mol. The average Bonchev–Trinajstić information content (AvgIpc) is 3.11. The van der Waals surface area contributed by atoms with Gasteiger partial charge in [0.15, 0.2) is 0 Å². The maximum atomic E-state index is 12.1. The van der Waals surface area contributed by atoms with Gasteiger partial charge in [0, 0.05) is 13.0 Å². The molecule has 0 saturated carbocycles. The van der Waals surface area contributed by atoms with Crippen LogP contribution in [0.3, 0.4) is 0 Å². The molecule has 0 aromatic heterocycles. The standard InChI is InChI=1S/C45H88O4/c1-3-5-7-9-11-13-15-16-17-18-19-20-21-22-23-24-25-26-27-28-29-31-33-35-37-39-41-48-43-44(42-46)49-45(47)40-38-36-34-32-30-14-12-10-8-6-4-2/h18-19,44,46H,3-17,20-43H2,1-2H3/b19-18-. The minimum atomic E-state index is -0.526. The summed E-state index contributed by atoms with van der Waals surface area (Å²) >= 11 is 0. The molecule has 49 heavy (non-hydrogen) atoms. The van der Waals surface area contributed by atoms with Gasteiger partial charge in [-0.25, -0.2) is 0 Å². The Bertz CT molecular complexity index is 648. The van der Waals surface area contributed by atoms with Gasteiger partial charge in [-0.15, -0.1) is 0 Å². The minimum Gasteiger partial charge on any atom is -0.457 e. The summed E-state index contributed by atoms with van der Waals surface area (Å²) in [4.78, 5) is 12.1. The van der Waals surface area contributed by atoms with Crippen LogP contribution in [0.15, 0.2) is 12.2 Å². The fraction of sp³-hybridized carbons (Fsp3) is 0.933. The van der Waals surface area contributed by atoms with E-state index in [9.17, 15) is 9.90 Å². The molecule has 0 radical (unpaired) electrons. The lowest BCUT2D eigenvalue weighted by atomic mass is 10.0. The van der Waals surface area contributed by atoms with E-state index in [1.807, 2.05) is 0 Å². The number of ether oxygens (including phenoxy) is 2. The van der Waals surface area contributed by atoms with Gasteiger partial charge in [0.25, 0.3) is 0 Å². The average molecular weight is 693 g/mol. The van der Waals surface area contributed by atoms with Crippen LogP contribution in [0.2, 0.25) is 0 Å². The number of rotatable bonds is 42. The molecule has 0 amide bonds. The van der Waals surface area contributed by atoms with Crippen LogP contribution in [0.25, 0.3) is 0 Å². The highest BCUT2D eigenvalue weighted by atomic mass is 16.6. The van der Waals surface area contributed by atoms with Gasteiger partial charge in [-0.1, -0.05) is 212 Å². The summed E-state index contributed by atoms with van der Waals surface area (Å²) in [6, 6.07) is 0. The zero-order valence-electron chi connectivity index (χ0n) is 33.5. The van der Waals surface area contributed by atoms with E-state index in [1.54, 1.807) is 0 Å². The number of hydrogen-bond acceptors (Lipinski definition) is 4. The lowest BCUT2D eigenvalue weighted by Gasteiger charge is -2.16. The summed E-state index contributed by atoms with van der Waals surface area (Å²) in [5.74, 6) is -0.198. The van der Waals surface area contributed by atoms with Crippen molar-refractivity contribution in [3.05, 3.63) is 12.2 Å². The Morgan fingerprint density at radius 3 is 1.16 bits per heavy atom. The van der Waals surface area contributed by atoms with Crippen molar-refractivity contribution >= 4 is 5.97 Å². The van der Waals surface area contributed by atoms with Crippen molar-refractivity contribution in [2.75, 3.05) is 19.8 Å². The smallest absolute Gasteiger partial charge is 0.306 e. The highest BCUT2D eigenvalue weighted by molar-refractivity contribution is 5.69. The molecule has 0 aromatic rings. The van der Waals surface area contributed by atoms with Crippen molar-refractivity contribution in [2.45, 2.75) is 251 Å². The maximum absolute atomic E-state index is 12.1. The third kappa shape index (κ3) is 41.4. The Labute approximate surface area is 307 Å². The van der Waals surface area contributed by atoms with Crippen LogP contribution in [0.4, 0.5) is 0 Å². The number of hydrogen-bond donors (Lipinski definition) is 1. The van der Waals surface area contributed by atoms with Crippen LogP contribution < -0.4 is 0 Å². The van der Waals surface area contributed by atoms with Crippen molar-refractivity contribution in [1.29, 1.82) is 0 Å². The summed E-state index contributed by atoms with van der Waals surface area (Å²) in [6.45, 7) is 5.38. The molecule has 0 aliphatic carbocycles. The first-order chi connectivity index (χ1) is 24.2. The minimum absolute atomic E-state index is 0.165. The van der Waals surface area contributed by atoms with E-state index in [1.165, 1.54) is 205 Å². The van der Waals surface area contributed by atoms with Crippen molar-refractivity contribution in [1.82, 2.24) is 0 Å². The van der Waals surface area contributed by atoms with Gasteiger partial charge in [-0.2, -0.15) is 0 Å². The van der Waals surface area contributed by atoms with E-state index in [0.29, 0.717) is 19.6 Å². The molecule has 0 fully saturated rings. The van der Waals surface area contributed by atoms with E-state index in [-0.39, 0.29) is 12.6 Å². The molecule has 1 unspecified atom stereocenters. The van der Waals surface area contributed by atoms with Gasteiger partial charge in [-0.3, -0.25) is 4.79 Å². The number of aliphatic hydroxyl groups is 1. The van der Waals surface area contributed by atoms with Crippen LogP contribution in [0.5, 0.6) is 0 Å². The Balaban J connectivity index is 3.32. The van der Waals surface area contributed by atoms with Crippen LogP contribution in [-0.2, 0) is 14.3 Å². The highest BCUT2D eigenvalue weighted by Gasteiger charge is 2.13. The zero-order valence-corrected chi connectivity index (χ0v) is 33.5. The van der Waals surface area contributed by atoms with Crippen LogP contribution in [0.1, 0.15) is 245 Å². The van der Waals surface area contributed by atoms with Crippen molar-refractivity contribution < 1.29 is 19.4 Å². The fourth-order valence-corrected chi connectivity index (χ4v) is 6.74. The topological polar surface area (TPSA) is 55.8 Å². The maximum Gasteiger partial charge on any atom is 0.306 e. The van der Waals surface area contributed by atoms with Gasteiger partial charge in [0.2, 0.25) is 0 Å². The number of carbonyl (C=O) groups excluding carboxylic acids is 1. The monoisotopic (exact) mass is 693 g/mol. The lowest BCUT2D eigenvalue weighted by molar-refractivity contribution is -0.154. The molecular formula is C45H88O4. The highest BCUT2D eigenvalue weighted by Crippen LogP contribution is 2.15. The van der Waals surface area contributed by atoms with Gasteiger partial charge in [0.1, 0.15) is 6.10 Å². The first-order valence-electron chi connectivity index (χ1n) is 22.3. The molecule has 4 heteroatoms.